The van der Waals surface area contributed by atoms with Crippen molar-refractivity contribution in [1.29, 1.82) is 0 Å². The van der Waals surface area contributed by atoms with Crippen LogP contribution in [-0.4, -0.2) is 69.2 Å². The molecule has 1 aliphatic heterocycles. The van der Waals surface area contributed by atoms with Crippen molar-refractivity contribution in [3.63, 3.8) is 0 Å². The van der Waals surface area contributed by atoms with Gasteiger partial charge in [-0.3, -0.25) is 4.90 Å². The minimum atomic E-state index is -0.00326. The van der Waals surface area contributed by atoms with Crippen LogP contribution in [0.3, 0.4) is 0 Å². The number of nitrogens with one attached hydrogen (secondary N) is 1. The Morgan fingerprint density at radius 1 is 1.09 bits per heavy atom. The maximum atomic E-state index is 11.4. The summed E-state index contributed by atoms with van der Waals surface area (Å²) in [5.41, 5.74) is 1.33. The van der Waals surface area contributed by atoms with Gasteiger partial charge in [0.2, 0.25) is 0 Å². The van der Waals surface area contributed by atoms with E-state index in [0.29, 0.717) is 0 Å². The number of benzene rings is 1. The van der Waals surface area contributed by atoms with Crippen LogP contribution in [-0.2, 0) is 0 Å². The number of anilines is 1. The summed E-state index contributed by atoms with van der Waals surface area (Å²) in [6, 6.07) is 10.6. The summed E-state index contributed by atoms with van der Waals surface area (Å²) in [4.78, 5) is 17.9. The van der Waals surface area contributed by atoms with Crippen LogP contribution in [0.4, 0.5) is 10.5 Å². The molecule has 22 heavy (non-hydrogen) atoms. The van der Waals surface area contributed by atoms with Gasteiger partial charge < -0.3 is 15.1 Å². The summed E-state index contributed by atoms with van der Waals surface area (Å²) < 4.78 is 0. The minimum Gasteiger partial charge on any atom is -0.369 e. The van der Waals surface area contributed by atoms with Crippen molar-refractivity contribution < 1.29 is 4.79 Å². The number of hydrogen-bond acceptors (Lipinski definition) is 3. The van der Waals surface area contributed by atoms with Gasteiger partial charge in [-0.1, -0.05) is 18.2 Å². The molecule has 0 radical (unpaired) electrons. The lowest BCUT2D eigenvalue weighted by molar-refractivity contribution is 0.216. The third kappa shape index (κ3) is 5.22. The van der Waals surface area contributed by atoms with Crippen molar-refractivity contribution in [3.8, 4) is 0 Å². The third-order valence-corrected chi connectivity index (χ3v) is 4.08. The van der Waals surface area contributed by atoms with E-state index in [2.05, 4.69) is 45.4 Å². The number of amides is 2. The van der Waals surface area contributed by atoms with Gasteiger partial charge >= 0.3 is 6.03 Å². The van der Waals surface area contributed by atoms with E-state index in [1.54, 1.807) is 19.0 Å². The number of rotatable bonds is 6. The van der Waals surface area contributed by atoms with E-state index in [1.807, 2.05) is 0 Å². The van der Waals surface area contributed by atoms with E-state index < -0.39 is 0 Å². The zero-order valence-corrected chi connectivity index (χ0v) is 13.8. The van der Waals surface area contributed by atoms with Crippen molar-refractivity contribution in [2.45, 2.75) is 12.8 Å². The summed E-state index contributed by atoms with van der Waals surface area (Å²) in [5, 5.41) is 2.91. The first-order valence-electron chi connectivity index (χ1n) is 8.14. The summed E-state index contributed by atoms with van der Waals surface area (Å²) in [6.07, 6.45) is 2.18. The lowest BCUT2D eigenvalue weighted by atomic mass is 10.2. The predicted molar refractivity (Wildman–Crippen MR) is 91.4 cm³/mol. The lowest BCUT2D eigenvalue weighted by Crippen LogP contribution is -2.46. The zero-order chi connectivity index (χ0) is 15.8. The molecule has 1 aliphatic rings. The van der Waals surface area contributed by atoms with Gasteiger partial charge in [-0.25, -0.2) is 4.79 Å². The molecule has 5 heteroatoms. The maximum Gasteiger partial charge on any atom is 0.316 e. The van der Waals surface area contributed by atoms with E-state index in [4.69, 9.17) is 0 Å². The normalized spacial score (nSPS) is 15.6. The van der Waals surface area contributed by atoms with Gasteiger partial charge in [-0.05, 0) is 31.5 Å². The Bertz CT molecular complexity index is 441. The fourth-order valence-electron chi connectivity index (χ4n) is 2.68. The van der Waals surface area contributed by atoms with Crippen LogP contribution in [0.5, 0.6) is 0 Å². The molecule has 1 aromatic carbocycles. The number of nitrogens with zero attached hydrogens (tertiary/aromatic N) is 3. The highest BCUT2D eigenvalue weighted by Crippen LogP contribution is 2.15. The van der Waals surface area contributed by atoms with Crippen LogP contribution in [0.2, 0.25) is 0 Å². The maximum absolute atomic E-state index is 11.4. The number of unbranched alkanes of at least 4 members (excludes halogenated alkanes) is 1. The van der Waals surface area contributed by atoms with Crippen molar-refractivity contribution in [1.82, 2.24) is 15.1 Å². The van der Waals surface area contributed by atoms with Gasteiger partial charge in [0.1, 0.15) is 0 Å². The van der Waals surface area contributed by atoms with Crippen LogP contribution in [0.25, 0.3) is 0 Å². The second-order valence-electron chi connectivity index (χ2n) is 6.00. The van der Waals surface area contributed by atoms with Gasteiger partial charge in [0.25, 0.3) is 0 Å². The number of urea groups is 1. The first-order valence-corrected chi connectivity index (χ1v) is 8.14. The van der Waals surface area contributed by atoms with E-state index in [1.165, 1.54) is 5.69 Å². The van der Waals surface area contributed by atoms with Gasteiger partial charge in [0.05, 0.1) is 0 Å². The molecule has 1 saturated heterocycles. The fraction of sp³-hybridized carbons (Fsp3) is 0.588. The average Bonchev–Trinajstić information content (AvgIpc) is 2.55. The second kappa shape index (κ2) is 8.63. The molecule has 1 fully saturated rings. The van der Waals surface area contributed by atoms with Gasteiger partial charge in [-0.2, -0.15) is 0 Å². The van der Waals surface area contributed by atoms with Crippen LogP contribution >= 0.6 is 0 Å². The molecule has 0 aromatic heterocycles. The van der Waals surface area contributed by atoms with E-state index >= 15 is 0 Å². The van der Waals surface area contributed by atoms with E-state index in [-0.39, 0.29) is 6.03 Å². The van der Waals surface area contributed by atoms with Crippen molar-refractivity contribution in [2.24, 2.45) is 0 Å². The molecule has 1 heterocycles. The summed E-state index contributed by atoms with van der Waals surface area (Å²) in [5.74, 6) is 0. The Morgan fingerprint density at radius 3 is 2.41 bits per heavy atom. The van der Waals surface area contributed by atoms with Crippen LogP contribution in [0.15, 0.2) is 30.3 Å². The Morgan fingerprint density at radius 2 is 1.77 bits per heavy atom. The number of para-hydroxylation sites is 1. The Labute approximate surface area is 133 Å². The quantitative estimate of drug-likeness (QED) is 0.815. The lowest BCUT2D eigenvalue weighted by Gasteiger charge is -2.36. The fourth-order valence-corrected chi connectivity index (χ4v) is 2.68. The zero-order valence-electron chi connectivity index (χ0n) is 13.8. The number of carbonyl (C=O) groups excluding carboxylic acids is 1. The topological polar surface area (TPSA) is 38.8 Å². The van der Waals surface area contributed by atoms with Crippen molar-refractivity contribution in [3.05, 3.63) is 30.3 Å². The highest BCUT2D eigenvalue weighted by Gasteiger charge is 2.16. The first-order chi connectivity index (χ1) is 10.7. The summed E-state index contributed by atoms with van der Waals surface area (Å²) in [7, 11) is 3.53. The Hall–Kier alpha value is -1.75. The Balaban J connectivity index is 1.57. The molecule has 0 atom stereocenters. The van der Waals surface area contributed by atoms with Crippen LogP contribution in [0.1, 0.15) is 12.8 Å². The molecule has 2 amide bonds. The first kappa shape index (κ1) is 16.6. The average molecular weight is 304 g/mol. The number of piperazine rings is 1. The van der Waals surface area contributed by atoms with Crippen LogP contribution < -0.4 is 10.2 Å². The predicted octanol–water partition coefficient (Wildman–Crippen LogP) is 1.86. The standard InChI is InChI=1S/C17H28N4O/c1-19(2)17(22)18-10-6-7-11-20-12-14-21(15-13-20)16-8-4-3-5-9-16/h3-5,8-9H,6-7,10-15H2,1-2H3,(H,18,22). The summed E-state index contributed by atoms with van der Waals surface area (Å²) in [6.45, 7) is 6.34. The molecular formula is C17H28N4O. The molecule has 1 aromatic rings. The van der Waals surface area contributed by atoms with E-state index in [0.717, 1.165) is 52.1 Å². The SMILES string of the molecule is CN(C)C(=O)NCCCCN1CCN(c2ccccc2)CC1. The molecule has 5 nitrogen and oxygen atoms in total. The molecule has 0 spiro atoms. The second-order valence-corrected chi connectivity index (χ2v) is 6.00. The minimum absolute atomic E-state index is 0.00326. The molecule has 0 saturated carbocycles. The largest absolute Gasteiger partial charge is 0.369 e. The highest BCUT2D eigenvalue weighted by molar-refractivity contribution is 5.73. The van der Waals surface area contributed by atoms with Crippen molar-refractivity contribution >= 4 is 11.7 Å². The van der Waals surface area contributed by atoms with Crippen molar-refractivity contribution in [2.75, 3.05) is 58.3 Å². The summed E-state index contributed by atoms with van der Waals surface area (Å²) >= 11 is 0. The third-order valence-electron chi connectivity index (χ3n) is 4.08. The molecule has 0 unspecified atom stereocenters. The Kier molecular flexibility index (Phi) is 6.52. The van der Waals surface area contributed by atoms with E-state index in [9.17, 15) is 4.79 Å². The molecule has 1 N–H and O–H groups in total. The molecular weight excluding hydrogens is 276 g/mol. The highest BCUT2D eigenvalue weighted by atomic mass is 16.2. The molecule has 0 bridgehead atoms. The van der Waals surface area contributed by atoms with Gasteiger partial charge in [0.15, 0.2) is 0 Å². The molecule has 0 aliphatic carbocycles. The number of carbonyl (C=O) groups is 1. The number of hydrogen-bond donors (Lipinski definition) is 1. The van der Waals surface area contributed by atoms with Crippen LogP contribution in [0, 0.1) is 0 Å². The van der Waals surface area contributed by atoms with Gasteiger partial charge in [0, 0.05) is 52.5 Å². The molecule has 2 rings (SSSR count). The monoisotopic (exact) mass is 304 g/mol. The molecule has 122 valence electrons. The van der Waals surface area contributed by atoms with Gasteiger partial charge in [-0.15, -0.1) is 0 Å². The smallest absolute Gasteiger partial charge is 0.316 e.